The number of allylic oxidation sites excluding steroid dienone is 4. The predicted molar refractivity (Wildman–Crippen MR) is 131 cm³/mol. The van der Waals surface area contributed by atoms with Crippen LogP contribution in [0.5, 0.6) is 0 Å². The van der Waals surface area contributed by atoms with Crippen molar-refractivity contribution in [3.8, 4) is 0 Å². The largest absolute Gasteiger partial charge is 0.534 e. The van der Waals surface area contributed by atoms with Crippen LogP contribution in [0.15, 0.2) is 47.9 Å². The first kappa shape index (κ1) is 24.9. The van der Waals surface area contributed by atoms with Gasteiger partial charge in [0.2, 0.25) is 0 Å². The second kappa shape index (κ2) is 8.40. The van der Waals surface area contributed by atoms with Gasteiger partial charge in [-0.1, -0.05) is 38.2 Å². The fourth-order valence-electron chi connectivity index (χ4n) is 7.67. The molecule has 190 valence electrons. The Balaban J connectivity index is 1.39. The van der Waals surface area contributed by atoms with Gasteiger partial charge in [0.1, 0.15) is 5.76 Å². The van der Waals surface area contributed by atoms with Crippen LogP contribution in [0.25, 0.3) is 0 Å². The molecule has 1 aromatic heterocycles. The molecule has 4 aliphatic carbocycles. The minimum absolute atomic E-state index is 0.108. The smallest absolute Gasteiger partial charge is 0.381 e. The molecule has 5 rings (SSSR count). The highest BCUT2D eigenvalue weighted by Gasteiger charge is 2.59. The number of halogens is 3. The third kappa shape index (κ3) is 3.97. The maximum Gasteiger partial charge on any atom is 0.534 e. The molecule has 0 saturated heterocycles. The van der Waals surface area contributed by atoms with E-state index in [-0.39, 0.29) is 23.0 Å². The number of nitrogens with zero attached hydrogens (tertiary/aromatic N) is 1. The second-order valence-corrected chi connectivity index (χ2v) is 13.0. The van der Waals surface area contributed by atoms with E-state index < -0.39 is 15.6 Å². The van der Waals surface area contributed by atoms with E-state index in [9.17, 15) is 21.6 Å². The van der Waals surface area contributed by atoms with E-state index in [2.05, 4.69) is 29.1 Å². The summed E-state index contributed by atoms with van der Waals surface area (Å²) in [5.41, 5.74) is -3.70. The molecule has 0 N–H and O–H groups in total. The zero-order valence-electron chi connectivity index (χ0n) is 19.8. The highest BCUT2D eigenvalue weighted by molar-refractivity contribution is 7.87. The quantitative estimate of drug-likeness (QED) is 0.189. The number of hydrogen-bond donors (Lipinski definition) is 0. The number of rotatable bonds is 4. The van der Waals surface area contributed by atoms with Crippen LogP contribution in [-0.2, 0) is 14.3 Å². The Labute approximate surface area is 210 Å². The average Bonchev–Trinajstić information content (AvgIpc) is 3.15. The summed E-state index contributed by atoms with van der Waals surface area (Å²) in [5, 5.41) is 0. The summed E-state index contributed by atoms with van der Waals surface area (Å²) < 4.78 is 65.9. The topological polar surface area (TPSA) is 56.3 Å². The van der Waals surface area contributed by atoms with E-state index in [4.69, 9.17) is 12.2 Å². The number of pyridine rings is 1. The lowest BCUT2D eigenvalue weighted by Gasteiger charge is -2.57. The van der Waals surface area contributed by atoms with E-state index in [1.54, 1.807) is 12.3 Å². The molecule has 0 aliphatic heterocycles. The van der Waals surface area contributed by atoms with Crippen molar-refractivity contribution in [3.05, 3.63) is 53.6 Å². The van der Waals surface area contributed by atoms with Crippen LogP contribution < -0.4 is 0 Å². The number of hydrogen-bond acceptors (Lipinski definition) is 5. The Morgan fingerprint density at radius 1 is 1.14 bits per heavy atom. The first-order valence-electron chi connectivity index (χ1n) is 12.2. The highest BCUT2D eigenvalue weighted by Crippen LogP contribution is 2.66. The van der Waals surface area contributed by atoms with Crippen molar-refractivity contribution in [3.63, 3.8) is 0 Å². The maximum absolute atomic E-state index is 12.8. The minimum atomic E-state index is -5.65. The van der Waals surface area contributed by atoms with Crippen LogP contribution in [0.1, 0.15) is 64.5 Å². The summed E-state index contributed by atoms with van der Waals surface area (Å²) in [7, 11) is -5.65. The van der Waals surface area contributed by atoms with Crippen LogP contribution in [0.4, 0.5) is 13.2 Å². The maximum atomic E-state index is 12.8. The molecule has 2 fully saturated rings. The van der Waals surface area contributed by atoms with E-state index in [0.29, 0.717) is 30.1 Å². The van der Waals surface area contributed by atoms with Crippen molar-refractivity contribution in [2.45, 2.75) is 64.3 Å². The summed E-state index contributed by atoms with van der Waals surface area (Å²) in [5.74, 6) is 1.60. The zero-order valence-corrected chi connectivity index (χ0v) is 21.5. The van der Waals surface area contributed by atoms with Gasteiger partial charge in [0.15, 0.2) is 0 Å². The van der Waals surface area contributed by atoms with Gasteiger partial charge in [-0.05, 0) is 90.9 Å². The molecule has 1 aromatic rings. The van der Waals surface area contributed by atoms with E-state index in [0.717, 1.165) is 48.2 Å². The molecule has 6 atom stereocenters. The highest BCUT2D eigenvalue weighted by atomic mass is 32.2. The van der Waals surface area contributed by atoms with Gasteiger partial charge in [-0.25, -0.2) is 0 Å². The molecule has 4 aliphatic rings. The van der Waals surface area contributed by atoms with Crippen molar-refractivity contribution in [2.24, 2.45) is 34.5 Å². The Bertz CT molecular complexity index is 1190. The summed E-state index contributed by atoms with van der Waals surface area (Å²) in [4.78, 5) is 5.46. The van der Waals surface area contributed by atoms with Gasteiger partial charge in [-0.2, -0.15) is 21.6 Å². The first-order valence-corrected chi connectivity index (χ1v) is 14.1. The van der Waals surface area contributed by atoms with E-state index >= 15 is 0 Å². The summed E-state index contributed by atoms with van der Waals surface area (Å²) in [6.45, 7) is 4.58. The SMILES string of the molecule is C[C@]12CC[C@H]3[C@@H](CC=C4C=C(OS(=O)(=O)C(F)(F)F)CC[C@@]43C)[C@@H]1CC[C@@H]2C(=S)c1ccccn1. The van der Waals surface area contributed by atoms with Crippen LogP contribution in [-0.4, -0.2) is 23.8 Å². The van der Waals surface area contributed by atoms with Gasteiger partial charge >= 0.3 is 15.6 Å². The number of thiocarbonyl (C=S) groups is 1. The molecule has 35 heavy (non-hydrogen) atoms. The molecule has 1 heterocycles. The lowest BCUT2D eigenvalue weighted by molar-refractivity contribution is -0.0529. The van der Waals surface area contributed by atoms with Crippen LogP contribution >= 0.6 is 12.2 Å². The van der Waals surface area contributed by atoms with Gasteiger partial charge < -0.3 is 4.18 Å². The zero-order chi connectivity index (χ0) is 25.2. The average molecular weight is 526 g/mol. The lowest BCUT2D eigenvalue weighted by atomic mass is 9.48. The van der Waals surface area contributed by atoms with Crippen LogP contribution in [0.3, 0.4) is 0 Å². The third-order valence-corrected chi connectivity index (χ3v) is 11.0. The van der Waals surface area contributed by atoms with Crippen molar-refractivity contribution in [1.82, 2.24) is 4.98 Å². The number of fused-ring (bicyclic) bond motifs is 5. The Kier molecular flexibility index (Phi) is 5.98. The molecule has 0 radical (unpaired) electrons. The molecule has 2 saturated carbocycles. The first-order chi connectivity index (χ1) is 16.4. The fraction of sp³-hybridized carbons (Fsp3) is 0.615. The lowest BCUT2D eigenvalue weighted by Crippen LogP contribution is -2.50. The molecule has 0 amide bonds. The van der Waals surface area contributed by atoms with Gasteiger partial charge in [-0.15, -0.1) is 0 Å². The van der Waals surface area contributed by atoms with Crippen LogP contribution in [0, 0.1) is 34.5 Å². The van der Waals surface area contributed by atoms with Gasteiger partial charge in [0.25, 0.3) is 0 Å². The summed E-state index contributed by atoms with van der Waals surface area (Å²) in [6.07, 6.45) is 11.3. The van der Waals surface area contributed by atoms with Gasteiger partial charge in [0.05, 0.1) is 5.69 Å². The normalized spacial score (nSPS) is 36.8. The van der Waals surface area contributed by atoms with E-state index in [1.807, 2.05) is 18.2 Å². The van der Waals surface area contributed by atoms with Crippen molar-refractivity contribution >= 4 is 27.2 Å². The number of aromatic nitrogens is 1. The molecule has 0 spiro atoms. The molecular weight excluding hydrogens is 495 g/mol. The molecule has 4 nitrogen and oxygen atoms in total. The molecule has 9 heteroatoms. The molecule has 0 aromatic carbocycles. The van der Waals surface area contributed by atoms with Gasteiger partial charge in [0, 0.05) is 23.4 Å². The van der Waals surface area contributed by atoms with E-state index in [1.165, 1.54) is 0 Å². The molecule has 0 unspecified atom stereocenters. The van der Waals surface area contributed by atoms with Crippen molar-refractivity contribution in [1.29, 1.82) is 0 Å². The Hall–Kier alpha value is -1.74. The van der Waals surface area contributed by atoms with Crippen LogP contribution in [0.2, 0.25) is 0 Å². The second-order valence-electron chi connectivity index (χ2n) is 11.0. The molecule has 0 bridgehead atoms. The Morgan fingerprint density at radius 3 is 2.60 bits per heavy atom. The Morgan fingerprint density at radius 2 is 1.91 bits per heavy atom. The minimum Gasteiger partial charge on any atom is -0.381 e. The standard InChI is InChI=1S/C26H30F3NO3S2/c1-24-12-10-17(33-35(31,32)26(27,28)29)15-16(24)6-7-18-19-8-9-21(25(19,2)13-11-20(18)24)23(34)22-5-3-4-14-30-22/h3-6,14-15,18-21H,7-13H2,1-2H3/t18-,19-,20-,21+,24-,25-/m0/s1. The predicted octanol–water partition coefficient (Wildman–Crippen LogP) is 6.74. The van der Waals surface area contributed by atoms with Gasteiger partial charge in [-0.3, -0.25) is 4.98 Å². The number of alkyl halides is 3. The third-order valence-electron chi connectivity index (χ3n) is 9.47. The molecular formula is C26H30F3NO3S2. The summed E-state index contributed by atoms with van der Waals surface area (Å²) >= 11 is 5.94. The fourth-order valence-corrected chi connectivity index (χ4v) is 8.69. The summed E-state index contributed by atoms with van der Waals surface area (Å²) in [6, 6.07) is 5.87. The monoisotopic (exact) mass is 525 g/mol. The van der Waals surface area contributed by atoms with Crippen molar-refractivity contribution in [2.75, 3.05) is 0 Å². The van der Waals surface area contributed by atoms with Crippen molar-refractivity contribution < 1.29 is 25.8 Å².